The number of hydrogen-bond donors (Lipinski definition) is 2. The van der Waals surface area contributed by atoms with Crippen LogP contribution in [-0.4, -0.2) is 46.2 Å². The molecule has 7 nitrogen and oxygen atoms in total. The van der Waals surface area contributed by atoms with Gasteiger partial charge in [-0.15, -0.1) is 0 Å². The van der Waals surface area contributed by atoms with E-state index in [0.717, 1.165) is 37.8 Å². The number of ether oxygens (including phenoxy) is 1. The van der Waals surface area contributed by atoms with Crippen LogP contribution >= 0.6 is 0 Å². The van der Waals surface area contributed by atoms with E-state index in [1.165, 1.54) is 0 Å². The van der Waals surface area contributed by atoms with Crippen molar-refractivity contribution in [1.29, 1.82) is 0 Å². The lowest BCUT2D eigenvalue weighted by Gasteiger charge is -2.25. The Bertz CT molecular complexity index is 504. The molecule has 0 unspecified atom stereocenters. The molecule has 2 aromatic heterocycles. The van der Waals surface area contributed by atoms with E-state index in [1.807, 2.05) is 0 Å². The summed E-state index contributed by atoms with van der Waals surface area (Å²) in [6, 6.07) is 0. The lowest BCUT2D eigenvalue weighted by molar-refractivity contribution is 0.122. The van der Waals surface area contributed by atoms with E-state index < -0.39 is 0 Å². The Morgan fingerprint density at radius 1 is 1.31 bits per heavy atom. The van der Waals surface area contributed by atoms with E-state index in [2.05, 4.69) is 24.8 Å². The van der Waals surface area contributed by atoms with Crippen LogP contribution in [0.5, 0.6) is 0 Å². The van der Waals surface area contributed by atoms with Crippen molar-refractivity contribution in [1.82, 2.24) is 19.9 Å². The molecule has 1 fully saturated rings. The molecule has 16 heavy (non-hydrogen) atoms. The van der Waals surface area contributed by atoms with Crippen molar-refractivity contribution in [3.63, 3.8) is 0 Å². The number of anilines is 2. The Balaban J connectivity index is 1.97. The number of nitrogens with zero attached hydrogens (tertiary/aromatic N) is 4. The molecule has 1 saturated heterocycles. The number of nitrogens with two attached hydrogens (primary N) is 1. The van der Waals surface area contributed by atoms with Crippen LogP contribution in [0.15, 0.2) is 6.20 Å². The Morgan fingerprint density at radius 3 is 2.94 bits per heavy atom. The second-order valence-electron chi connectivity index (χ2n) is 3.63. The predicted molar refractivity (Wildman–Crippen MR) is 59.1 cm³/mol. The minimum atomic E-state index is 0.243. The van der Waals surface area contributed by atoms with Gasteiger partial charge in [0.25, 0.3) is 0 Å². The number of aromatic nitrogens is 4. The van der Waals surface area contributed by atoms with Gasteiger partial charge in [-0.05, 0) is 0 Å². The summed E-state index contributed by atoms with van der Waals surface area (Å²) >= 11 is 0. The fourth-order valence-corrected chi connectivity index (χ4v) is 1.73. The van der Waals surface area contributed by atoms with Crippen molar-refractivity contribution < 1.29 is 4.74 Å². The highest BCUT2D eigenvalue weighted by Gasteiger charge is 2.15. The van der Waals surface area contributed by atoms with Crippen LogP contribution in [0.1, 0.15) is 0 Å². The number of fused-ring (bicyclic) bond motifs is 1. The van der Waals surface area contributed by atoms with Crippen molar-refractivity contribution in [3.8, 4) is 0 Å². The van der Waals surface area contributed by atoms with Gasteiger partial charge in [0.2, 0.25) is 11.9 Å². The number of morpholine rings is 1. The zero-order valence-corrected chi connectivity index (χ0v) is 8.68. The molecule has 3 rings (SSSR count). The molecule has 2 aromatic rings. The maximum absolute atomic E-state index is 5.50. The summed E-state index contributed by atoms with van der Waals surface area (Å²) in [6.45, 7) is 3.13. The van der Waals surface area contributed by atoms with Crippen LogP contribution in [-0.2, 0) is 4.74 Å². The molecule has 0 saturated carbocycles. The molecule has 0 aromatic carbocycles. The fourth-order valence-electron chi connectivity index (χ4n) is 1.73. The SMILES string of the molecule is Nc1ncc2[nH]c(N3CCOCC3)nc2n1. The molecule has 84 valence electrons. The number of imidazole rings is 1. The molecule has 0 spiro atoms. The Labute approximate surface area is 91.6 Å². The average Bonchev–Trinajstić information content (AvgIpc) is 2.73. The second-order valence-corrected chi connectivity index (χ2v) is 3.63. The molecule has 1 aliphatic rings. The van der Waals surface area contributed by atoms with E-state index in [-0.39, 0.29) is 5.95 Å². The normalized spacial score (nSPS) is 16.9. The summed E-state index contributed by atoms with van der Waals surface area (Å²) in [5.41, 5.74) is 6.91. The van der Waals surface area contributed by atoms with Crippen LogP contribution < -0.4 is 10.6 Å². The lowest BCUT2D eigenvalue weighted by Crippen LogP contribution is -2.36. The van der Waals surface area contributed by atoms with Crippen molar-refractivity contribution in [2.24, 2.45) is 0 Å². The average molecular weight is 220 g/mol. The Kier molecular flexibility index (Phi) is 2.10. The maximum atomic E-state index is 5.50. The maximum Gasteiger partial charge on any atom is 0.222 e. The number of aromatic amines is 1. The van der Waals surface area contributed by atoms with Gasteiger partial charge in [0.1, 0.15) is 5.52 Å². The summed E-state index contributed by atoms with van der Waals surface area (Å²) < 4.78 is 5.28. The summed E-state index contributed by atoms with van der Waals surface area (Å²) in [4.78, 5) is 17.7. The first-order valence-corrected chi connectivity index (χ1v) is 5.14. The van der Waals surface area contributed by atoms with Crippen molar-refractivity contribution >= 4 is 23.1 Å². The van der Waals surface area contributed by atoms with Gasteiger partial charge in [-0.25, -0.2) is 4.98 Å². The van der Waals surface area contributed by atoms with E-state index in [0.29, 0.717) is 5.65 Å². The topological polar surface area (TPSA) is 93.0 Å². The van der Waals surface area contributed by atoms with Crippen molar-refractivity contribution in [3.05, 3.63) is 6.20 Å². The molecular formula is C9H12N6O. The van der Waals surface area contributed by atoms with Crippen LogP contribution in [0.25, 0.3) is 11.2 Å². The third-order valence-electron chi connectivity index (χ3n) is 2.56. The smallest absolute Gasteiger partial charge is 0.222 e. The standard InChI is InChI=1S/C9H12N6O/c10-8-11-5-6-7(13-8)14-9(12-6)15-1-3-16-4-2-15/h5H,1-4H2,(H3,10,11,12,13,14). The molecule has 0 bridgehead atoms. The zero-order valence-electron chi connectivity index (χ0n) is 8.68. The number of nitrogens with one attached hydrogen (secondary N) is 1. The lowest BCUT2D eigenvalue weighted by atomic mass is 10.4. The van der Waals surface area contributed by atoms with Crippen molar-refractivity contribution in [2.45, 2.75) is 0 Å². The molecule has 0 amide bonds. The number of rotatable bonds is 1. The summed E-state index contributed by atoms with van der Waals surface area (Å²) in [7, 11) is 0. The number of H-pyrrole nitrogens is 1. The van der Waals surface area contributed by atoms with Crippen LogP contribution in [0.3, 0.4) is 0 Å². The van der Waals surface area contributed by atoms with Crippen LogP contribution in [0.2, 0.25) is 0 Å². The number of hydrogen-bond acceptors (Lipinski definition) is 6. The minimum absolute atomic E-state index is 0.243. The first-order chi connectivity index (χ1) is 7.83. The molecule has 7 heteroatoms. The Hall–Kier alpha value is -1.89. The number of nitrogen functional groups attached to an aromatic ring is 1. The van der Waals surface area contributed by atoms with Gasteiger partial charge in [-0.1, -0.05) is 0 Å². The van der Waals surface area contributed by atoms with E-state index in [9.17, 15) is 0 Å². The van der Waals surface area contributed by atoms with E-state index in [4.69, 9.17) is 10.5 Å². The van der Waals surface area contributed by atoms with Gasteiger partial charge < -0.3 is 20.4 Å². The third-order valence-corrected chi connectivity index (χ3v) is 2.56. The fraction of sp³-hybridized carbons (Fsp3) is 0.444. The van der Waals surface area contributed by atoms with Gasteiger partial charge in [-0.3, -0.25) is 0 Å². The first kappa shape index (κ1) is 9.34. The highest BCUT2D eigenvalue weighted by Crippen LogP contribution is 2.16. The molecule has 3 heterocycles. The molecule has 0 atom stereocenters. The van der Waals surface area contributed by atoms with Crippen LogP contribution in [0.4, 0.5) is 11.9 Å². The van der Waals surface area contributed by atoms with Gasteiger partial charge >= 0.3 is 0 Å². The zero-order chi connectivity index (χ0) is 11.0. The van der Waals surface area contributed by atoms with Gasteiger partial charge in [0.05, 0.1) is 19.4 Å². The molecule has 0 radical (unpaired) electrons. The molecule has 0 aliphatic carbocycles. The van der Waals surface area contributed by atoms with E-state index in [1.54, 1.807) is 6.20 Å². The highest BCUT2D eigenvalue weighted by molar-refractivity contribution is 5.73. The van der Waals surface area contributed by atoms with Crippen LogP contribution in [0, 0.1) is 0 Å². The van der Waals surface area contributed by atoms with Gasteiger partial charge in [0.15, 0.2) is 5.65 Å². The van der Waals surface area contributed by atoms with E-state index >= 15 is 0 Å². The summed E-state index contributed by atoms with van der Waals surface area (Å²) in [5, 5.41) is 0. The quantitative estimate of drug-likeness (QED) is 0.689. The minimum Gasteiger partial charge on any atom is -0.378 e. The van der Waals surface area contributed by atoms with Crippen molar-refractivity contribution in [2.75, 3.05) is 36.9 Å². The molecule has 1 aliphatic heterocycles. The largest absolute Gasteiger partial charge is 0.378 e. The molecular weight excluding hydrogens is 208 g/mol. The summed E-state index contributed by atoms with van der Waals surface area (Å²) in [6.07, 6.45) is 1.65. The highest BCUT2D eigenvalue weighted by atomic mass is 16.5. The first-order valence-electron chi connectivity index (χ1n) is 5.14. The predicted octanol–water partition coefficient (Wildman–Crippen LogP) is -0.228. The second kappa shape index (κ2) is 3.60. The Morgan fingerprint density at radius 2 is 2.12 bits per heavy atom. The third kappa shape index (κ3) is 1.54. The molecule has 3 N–H and O–H groups in total. The summed E-state index contributed by atoms with van der Waals surface area (Å²) in [5.74, 6) is 1.05. The monoisotopic (exact) mass is 220 g/mol. The van der Waals surface area contributed by atoms with Gasteiger partial charge in [-0.2, -0.15) is 9.97 Å². The van der Waals surface area contributed by atoms with Gasteiger partial charge in [0, 0.05) is 13.1 Å².